The summed E-state index contributed by atoms with van der Waals surface area (Å²) in [5, 5.41) is 20.7. The van der Waals surface area contributed by atoms with Gasteiger partial charge in [-0.3, -0.25) is 9.29 Å². The number of halogens is 2. The number of nitrogens with zero attached hydrogens (tertiary/aromatic N) is 1. The van der Waals surface area contributed by atoms with Gasteiger partial charge in [0.15, 0.2) is 0 Å². The molecule has 1 saturated heterocycles. The van der Waals surface area contributed by atoms with E-state index in [1.807, 2.05) is 31.2 Å². The van der Waals surface area contributed by atoms with Gasteiger partial charge in [-0.1, -0.05) is 23.7 Å². The fourth-order valence-electron chi connectivity index (χ4n) is 5.05. The summed E-state index contributed by atoms with van der Waals surface area (Å²) in [6.45, 7) is 4.76. The van der Waals surface area contributed by atoms with Crippen LogP contribution in [0, 0.1) is 5.92 Å². The Morgan fingerprint density at radius 2 is 1.86 bits per heavy atom. The number of alkyl halides is 1. The third kappa shape index (κ3) is 5.15. The monoisotopic (exact) mass is 509 g/mol. The molecule has 0 aromatic heterocycles. The van der Waals surface area contributed by atoms with Gasteiger partial charge in [-0.2, -0.15) is 0 Å². The molecule has 2 heterocycles. The van der Waals surface area contributed by atoms with Crippen molar-refractivity contribution in [3.05, 3.63) is 82.4 Å². The van der Waals surface area contributed by atoms with Crippen molar-refractivity contribution < 1.29 is 24.1 Å². The zero-order chi connectivity index (χ0) is 25.2. The average molecular weight is 510 g/mol. The van der Waals surface area contributed by atoms with Crippen molar-refractivity contribution in [1.29, 1.82) is 0 Å². The molecule has 0 spiro atoms. The number of benzene rings is 3. The highest BCUT2D eigenvalue weighted by atomic mass is 35.5. The number of phenols is 2. The number of ether oxygens (including phenoxy) is 2. The first-order valence-electron chi connectivity index (χ1n) is 12.1. The average Bonchev–Trinajstić information content (AvgIpc) is 3.32. The molecular weight excluding hydrogens is 481 g/mol. The summed E-state index contributed by atoms with van der Waals surface area (Å²) in [5.74, 6) is 1.80. The zero-order valence-electron chi connectivity index (χ0n) is 20.1. The summed E-state index contributed by atoms with van der Waals surface area (Å²) in [7, 11) is 0. The molecule has 2 unspecified atom stereocenters. The molecule has 3 aromatic rings. The van der Waals surface area contributed by atoms with E-state index in [4.69, 9.17) is 21.1 Å². The van der Waals surface area contributed by atoms with Crippen LogP contribution in [0.2, 0.25) is 5.02 Å². The summed E-state index contributed by atoms with van der Waals surface area (Å²) in [4.78, 5) is 2.24. The van der Waals surface area contributed by atoms with E-state index in [9.17, 15) is 14.6 Å². The van der Waals surface area contributed by atoms with Crippen LogP contribution in [-0.2, 0) is 0 Å². The highest BCUT2D eigenvalue weighted by Gasteiger charge is 2.30. The number of hydrogen-bond acceptors (Lipinski definition) is 5. The lowest BCUT2D eigenvalue weighted by Crippen LogP contribution is -2.26. The van der Waals surface area contributed by atoms with E-state index < -0.39 is 6.10 Å². The predicted octanol–water partition coefficient (Wildman–Crippen LogP) is 6.49. The molecule has 2 aliphatic heterocycles. The molecule has 0 amide bonds. The van der Waals surface area contributed by atoms with Crippen molar-refractivity contribution >= 4 is 22.7 Å². The van der Waals surface area contributed by atoms with Gasteiger partial charge in [0.25, 0.3) is 0 Å². The smallest absolute Gasteiger partial charge is 0.150 e. The Kier molecular flexibility index (Phi) is 7.08. The van der Waals surface area contributed by atoms with Crippen molar-refractivity contribution in [2.45, 2.75) is 19.4 Å². The van der Waals surface area contributed by atoms with Gasteiger partial charge in [0.1, 0.15) is 35.7 Å². The maximum absolute atomic E-state index is 12.8. The second-order valence-electron chi connectivity index (χ2n) is 9.44. The lowest BCUT2D eigenvalue weighted by Gasteiger charge is -2.31. The largest absolute Gasteiger partial charge is 0.508 e. The Balaban J connectivity index is 1.39. The molecule has 5 rings (SSSR count). The van der Waals surface area contributed by atoms with Crippen LogP contribution in [0.1, 0.15) is 36.1 Å². The summed E-state index contributed by atoms with van der Waals surface area (Å²) in [6.07, 6.45) is 0.464. The first kappa shape index (κ1) is 24.5. The lowest BCUT2D eigenvalue weighted by atomic mass is 9.86. The second-order valence-corrected chi connectivity index (χ2v) is 9.88. The molecule has 3 aromatic carbocycles. The van der Waals surface area contributed by atoms with Crippen LogP contribution in [-0.4, -0.2) is 48.0 Å². The summed E-state index contributed by atoms with van der Waals surface area (Å²) >= 11 is 6.27. The van der Waals surface area contributed by atoms with Crippen LogP contribution in [0.4, 0.5) is 4.39 Å². The quantitative estimate of drug-likeness (QED) is 0.381. The lowest BCUT2D eigenvalue weighted by molar-refractivity contribution is 0.228. The Morgan fingerprint density at radius 3 is 2.58 bits per heavy atom. The first-order chi connectivity index (χ1) is 17.4. The number of aromatic hydroxyl groups is 2. The number of rotatable bonds is 7. The summed E-state index contributed by atoms with van der Waals surface area (Å²) in [5.41, 5.74) is 4.24. The molecule has 0 aliphatic carbocycles. The van der Waals surface area contributed by atoms with E-state index in [0.717, 1.165) is 59.6 Å². The second kappa shape index (κ2) is 10.4. The Hall–Kier alpha value is -3.22. The minimum Gasteiger partial charge on any atom is -0.508 e. The summed E-state index contributed by atoms with van der Waals surface area (Å²) in [6, 6.07) is 17.8. The van der Waals surface area contributed by atoms with Gasteiger partial charge in [0.05, 0.1) is 6.67 Å². The molecule has 188 valence electrons. The topological polar surface area (TPSA) is 62.2 Å². The molecule has 2 N–H and O–H groups in total. The summed E-state index contributed by atoms with van der Waals surface area (Å²) < 4.78 is 25.2. The predicted molar refractivity (Wildman–Crippen MR) is 140 cm³/mol. The van der Waals surface area contributed by atoms with Gasteiger partial charge in [-0.25, -0.2) is 0 Å². The fraction of sp³-hybridized carbons (Fsp3) is 0.310. The van der Waals surface area contributed by atoms with E-state index in [0.29, 0.717) is 17.4 Å². The molecule has 0 radical (unpaired) electrons. The van der Waals surface area contributed by atoms with E-state index in [2.05, 4.69) is 4.90 Å². The SMILES string of the molecule is CC1=C(c2cc(O)cc(Cl)c2)C(c2ccc(OCCN3CCC(CF)C3)cc2)Oc2ccc(O)cc21. The number of phenolic OH excluding ortho intramolecular Hbond substituents is 2. The van der Waals surface area contributed by atoms with Gasteiger partial charge in [0, 0.05) is 35.2 Å². The zero-order valence-corrected chi connectivity index (χ0v) is 20.8. The molecule has 2 aliphatic rings. The third-order valence-corrected chi connectivity index (χ3v) is 7.14. The van der Waals surface area contributed by atoms with Crippen molar-refractivity contribution in [2.75, 3.05) is 32.9 Å². The van der Waals surface area contributed by atoms with E-state index in [1.165, 1.54) is 6.07 Å². The molecule has 1 fully saturated rings. The molecular formula is C29H29ClFNO4. The van der Waals surface area contributed by atoms with Crippen LogP contribution >= 0.6 is 11.6 Å². The molecule has 7 heteroatoms. The van der Waals surface area contributed by atoms with Crippen LogP contribution in [0.5, 0.6) is 23.0 Å². The van der Waals surface area contributed by atoms with E-state index in [1.54, 1.807) is 30.3 Å². The highest BCUT2D eigenvalue weighted by molar-refractivity contribution is 6.31. The number of hydrogen-bond donors (Lipinski definition) is 2. The standard InChI is InChI=1S/C29H29ClFNO4/c1-18-26-15-23(33)4-7-27(26)36-29(28(18)21-12-22(30)14-24(34)13-21)20-2-5-25(6-3-20)35-11-10-32-9-8-19(16-31)17-32/h2-7,12-15,19,29,33-34H,8-11,16-17H2,1H3. The van der Waals surface area contributed by atoms with Crippen molar-refractivity contribution in [3.8, 4) is 23.0 Å². The van der Waals surface area contributed by atoms with E-state index in [-0.39, 0.29) is 24.1 Å². The first-order valence-corrected chi connectivity index (χ1v) is 12.5. The normalized spacial score (nSPS) is 19.8. The third-order valence-electron chi connectivity index (χ3n) is 6.92. The minimum absolute atomic E-state index is 0.0674. The fourth-order valence-corrected chi connectivity index (χ4v) is 5.28. The Bertz CT molecular complexity index is 1260. The molecule has 0 saturated carbocycles. The van der Waals surface area contributed by atoms with Gasteiger partial charge in [-0.15, -0.1) is 0 Å². The molecule has 0 bridgehead atoms. The van der Waals surface area contributed by atoms with Crippen LogP contribution < -0.4 is 9.47 Å². The van der Waals surface area contributed by atoms with Crippen molar-refractivity contribution in [3.63, 3.8) is 0 Å². The van der Waals surface area contributed by atoms with Crippen LogP contribution in [0.15, 0.2) is 60.7 Å². The Morgan fingerprint density at radius 1 is 1.06 bits per heavy atom. The number of fused-ring (bicyclic) bond motifs is 1. The van der Waals surface area contributed by atoms with Gasteiger partial charge in [-0.05, 0) is 85.1 Å². The van der Waals surface area contributed by atoms with Crippen LogP contribution in [0.3, 0.4) is 0 Å². The van der Waals surface area contributed by atoms with Gasteiger partial charge in [0.2, 0.25) is 0 Å². The van der Waals surface area contributed by atoms with Gasteiger partial charge >= 0.3 is 0 Å². The highest BCUT2D eigenvalue weighted by Crippen LogP contribution is 2.48. The van der Waals surface area contributed by atoms with Crippen molar-refractivity contribution in [1.82, 2.24) is 4.90 Å². The van der Waals surface area contributed by atoms with E-state index >= 15 is 0 Å². The van der Waals surface area contributed by atoms with Crippen molar-refractivity contribution in [2.24, 2.45) is 5.92 Å². The van der Waals surface area contributed by atoms with Gasteiger partial charge < -0.3 is 19.7 Å². The maximum Gasteiger partial charge on any atom is 0.150 e. The molecule has 36 heavy (non-hydrogen) atoms. The number of allylic oxidation sites excluding steroid dienone is 1. The maximum atomic E-state index is 12.8. The minimum atomic E-state index is -0.448. The Labute approximate surface area is 215 Å². The molecule has 2 atom stereocenters. The molecule has 5 nitrogen and oxygen atoms in total. The number of likely N-dealkylation sites (tertiary alicyclic amines) is 1. The van der Waals surface area contributed by atoms with Crippen LogP contribution in [0.25, 0.3) is 11.1 Å².